The van der Waals surface area contributed by atoms with E-state index < -0.39 is 0 Å². The summed E-state index contributed by atoms with van der Waals surface area (Å²) in [6.45, 7) is 6.47. The van der Waals surface area contributed by atoms with E-state index in [9.17, 15) is 9.18 Å². The van der Waals surface area contributed by atoms with E-state index in [1.807, 2.05) is 30.3 Å². The van der Waals surface area contributed by atoms with Crippen LogP contribution in [0.3, 0.4) is 0 Å². The Labute approximate surface area is 197 Å². The van der Waals surface area contributed by atoms with Crippen molar-refractivity contribution in [1.29, 1.82) is 0 Å². The fourth-order valence-electron chi connectivity index (χ4n) is 4.49. The van der Waals surface area contributed by atoms with Crippen molar-refractivity contribution in [2.75, 3.05) is 11.9 Å². The minimum atomic E-state index is -0.358. The molecule has 0 amide bonds. The van der Waals surface area contributed by atoms with Gasteiger partial charge in [0.1, 0.15) is 24.0 Å². The number of nitrogens with one attached hydrogen (secondary N) is 1. The number of rotatable bonds is 6. The summed E-state index contributed by atoms with van der Waals surface area (Å²) in [6, 6.07) is 16.7. The largest absolute Gasteiger partial charge is 0.489 e. The van der Waals surface area contributed by atoms with E-state index in [0.717, 1.165) is 57.1 Å². The molecule has 3 aromatic carbocycles. The maximum absolute atomic E-state index is 14.0. The lowest BCUT2D eigenvalue weighted by atomic mass is 10.1. The Morgan fingerprint density at radius 1 is 1.24 bits per heavy atom. The zero-order valence-electron chi connectivity index (χ0n) is 19.4. The number of halogens is 1. The van der Waals surface area contributed by atoms with Crippen LogP contribution in [0, 0.1) is 12.7 Å². The second-order valence-corrected chi connectivity index (χ2v) is 8.43. The van der Waals surface area contributed by atoms with Crippen LogP contribution in [0.1, 0.15) is 42.5 Å². The molecule has 7 heteroatoms. The van der Waals surface area contributed by atoms with Gasteiger partial charge < -0.3 is 14.8 Å². The number of carbonyl (C=O) groups is 1. The number of nitrogens with zero attached hydrogens (tertiary/aromatic N) is 2. The van der Waals surface area contributed by atoms with Gasteiger partial charge in [0.05, 0.1) is 16.7 Å². The van der Waals surface area contributed by atoms with Gasteiger partial charge in [0.15, 0.2) is 6.10 Å². The van der Waals surface area contributed by atoms with Gasteiger partial charge in [0, 0.05) is 43.3 Å². The number of aryl methyl sites for hydroxylation is 1. The molecule has 0 radical (unpaired) electrons. The molecule has 0 spiro atoms. The minimum Gasteiger partial charge on any atom is -0.489 e. The Kier molecular flexibility index (Phi) is 5.69. The molecule has 6 nitrogen and oxygen atoms in total. The SMILES string of the molecule is CCc1nc2ccc(F)cc2n1-c1cccc(CNc2ccc3c(c2)OC[C@H]3OC(C)=O)c1C. The van der Waals surface area contributed by atoms with Crippen molar-refractivity contribution in [3.63, 3.8) is 0 Å². The zero-order chi connectivity index (χ0) is 23.8. The molecular weight excluding hydrogens is 433 g/mol. The number of hydrogen-bond donors (Lipinski definition) is 1. The van der Waals surface area contributed by atoms with Crippen LogP contribution in [0.25, 0.3) is 16.7 Å². The van der Waals surface area contributed by atoms with E-state index in [1.165, 1.54) is 13.0 Å². The van der Waals surface area contributed by atoms with Gasteiger partial charge in [0.2, 0.25) is 0 Å². The zero-order valence-corrected chi connectivity index (χ0v) is 19.4. The first-order valence-corrected chi connectivity index (χ1v) is 11.4. The van der Waals surface area contributed by atoms with Gasteiger partial charge in [0.25, 0.3) is 0 Å². The molecule has 174 valence electrons. The van der Waals surface area contributed by atoms with E-state index in [2.05, 4.69) is 29.8 Å². The van der Waals surface area contributed by atoms with E-state index in [1.54, 1.807) is 12.1 Å². The molecule has 0 aliphatic carbocycles. The Balaban J connectivity index is 1.41. The van der Waals surface area contributed by atoms with Crippen LogP contribution in [-0.2, 0) is 22.5 Å². The normalized spacial score (nSPS) is 14.6. The van der Waals surface area contributed by atoms with Gasteiger partial charge in [-0.25, -0.2) is 9.37 Å². The average molecular weight is 460 g/mol. The van der Waals surface area contributed by atoms with Crippen molar-refractivity contribution >= 4 is 22.7 Å². The molecule has 0 fully saturated rings. The lowest BCUT2D eigenvalue weighted by Gasteiger charge is -2.16. The predicted molar refractivity (Wildman–Crippen MR) is 129 cm³/mol. The minimum absolute atomic E-state index is 0.276. The smallest absolute Gasteiger partial charge is 0.303 e. The van der Waals surface area contributed by atoms with Crippen LogP contribution in [-0.4, -0.2) is 22.1 Å². The first-order valence-electron chi connectivity index (χ1n) is 11.4. The van der Waals surface area contributed by atoms with Crippen LogP contribution in [0.15, 0.2) is 54.6 Å². The monoisotopic (exact) mass is 459 g/mol. The standard InChI is InChI=1S/C27H26FN3O3/c1-4-27-30-22-11-8-19(28)12-24(22)31(27)23-7-5-6-18(16(23)2)14-29-20-9-10-21-25(13-20)33-15-26(21)34-17(3)32/h5-13,26,29H,4,14-15H2,1-3H3/t26-/m1/s1. The number of ether oxygens (including phenoxy) is 2. The Morgan fingerprint density at radius 2 is 2.09 bits per heavy atom. The molecule has 0 bridgehead atoms. The lowest BCUT2D eigenvalue weighted by molar-refractivity contribution is -0.147. The summed E-state index contributed by atoms with van der Waals surface area (Å²) in [7, 11) is 0. The predicted octanol–water partition coefficient (Wildman–Crippen LogP) is 5.64. The van der Waals surface area contributed by atoms with E-state index in [-0.39, 0.29) is 17.9 Å². The molecule has 5 rings (SSSR count). The lowest BCUT2D eigenvalue weighted by Crippen LogP contribution is -2.09. The molecule has 0 saturated heterocycles. The number of carbonyl (C=O) groups excluding carboxylic acids is 1. The highest BCUT2D eigenvalue weighted by molar-refractivity contribution is 5.79. The second-order valence-electron chi connectivity index (χ2n) is 8.43. The average Bonchev–Trinajstić information content (AvgIpc) is 3.38. The van der Waals surface area contributed by atoms with E-state index in [4.69, 9.17) is 14.5 Å². The number of aromatic nitrogens is 2. The van der Waals surface area contributed by atoms with Crippen molar-refractivity contribution in [2.45, 2.75) is 39.8 Å². The van der Waals surface area contributed by atoms with Gasteiger partial charge >= 0.3 is 5.97 Å². The third kappa shape index (κ3) is 3.98. The summed E-state index contributed by atoms with van der Waals surface area (Å²) in [4.78, 5) is 16.0. The number of hydrogen-bond acceptors (Lipinski definition) is 5. The van der Waals surface area contributed by atoms with E-state index in [0.29, 0.717) is 13.2 Å². The molecular formula is C27H26FN3O3. The molecule has 2 heterocycles. The summed E-state index contributed by atoms with van der Waals surface area (Å²) >= 11 is 0. The first-order chi connectivity index (χ1) is 16.4. The fourth-order valence-corrected chi connectivity index (χ4v) is 4.49. The molecule has 0 unspecified atom stereocenters. The third-order valence-corrected chi connectivity index (χ3v) is 6.20. The van der Waals surface area contributed by atoms with Crippen molar-refractivity contribution < 1.29 is 18.7 Å². The Morgan fingerprint density at radius 3 is 2.88 bits per heavy atom. The van der Waals surface area contributed by atoms with Gasteiger partial charge in [-0.3, -0.25) is 9.36 Å². The van der Waals surface area contributed by atoms with Gasteiger partial charge in [-0.05, 0) is 48.4 Å². The number of benzene rings is 3. The second kappa shape index (κ2) is 8.82. The molecule has 0 saturated carbocycles. The molecule has 1 aliphatic rings. The van der Waals surface area contributed by atoms with E-state index >= 15 is 0 Å². The molecule has 1 aromatic heterocycles. The third-order valence-electron chi connectivity index (χ3n) is 6.20. The van der Waals surface area contributed by atoms with Crippen LogP contribution in [0.2, 0.25) is 0 Å². The summed E-state index contributed by atoms with van der Waals surface area (Å²) in [6.07, 6.45) is 0.380. The topological polar surface area (TPSA) is 65.4 Å². The number of anilines is 1. The van der Waals surface area contributed by atoms with Gasteiger partial charge in [-0.15, -0.1) is 0 Å². The number of imidazole rings is 1. The highest BCUT2D eigenvalue weighted by atomic mass is 19.1. The van der Waals surface area contributed by atoms with Crippen molar-refractivity contribution in [3.8, 4) is 11.4 Å². The quantitative estimate of drug-likeness (QED) is 0.378. The molecule has 1 atom stereocenters. The molecule has 1 aliphatic heterocycles. The maximum atomic E-state index is 14.0. The maximum Gasteiger partial charge on any atom is 0.303 e. The molecule has 1 N–H and O–H groups in total. The summed E-state index contributed by atoms with van der Waals surface area (Å²) in [5.74, 6) is 1.02. The number of fused-ring (bicyclic) bond motifs is 2. The van der Waals surface area contributed by atoms with Crippen molar-refractivity contribution in [3.05, 3.63) is 82.9 Å². The number of esters is 1. The summed E-state index contributed by atoms with van der Waals surface area (Å²) in [5.41, 5.74) is 6.56. The highest BCUT2D eigenvalue weighted by Crippen LogP contribution is 2.37. The van der Waals surface area contributed by atoms with Crippen LogP contribution in [0.4, 0.5) is 10.1 Å². The van der Waals surface area contributed by atoms with Crippen LogP contribution < -0.4 is 10.1 Å². The van der Waals surface area contributed by atoms with Crippen LogP contribution >= 0.6 is 0 Å². The van der Waals surface area contributed by atoms with Crippen LogP contribution in [0.5, 0.6) is 5.75 Å². The van der Waals surface area contributed by atoms with Gasteiger partial charge in [-0.2, -0.15) is 0 Å². The summed E-state index contributed by atoms with van der Waals surface area (Å²) < 4.78 is 27.1. The summed E-state index contributed by atoms with van der Waals surface area (Å²) in [5, 5.41) is 3.46. The Bertz CT molecular complexity index is 1400. The molecule has 34 heavy (non-hydrogen) atoms. The van der Waals surface area contributed by atoms with Gasteiger partial charge in [-0.1, -0.05) is 19.1 Å². The fraction of sp³-hybridized carbons (Fsp3) is 0.259. The van der Waals surface area contributed by atoms with Crippen molar-refractivity contribution in [1.82, 2.24) is 9.55 Å². The first kappa shape index (κ1) is 21.9. The highest BCUT2D eigenvalue weighted by Gasteiger charge is 2.26. The Hall–Kier alpha value is -3.87. The van der Waals surface area contributed by atoms with Crippen molar-refractivity contribution in [2.24, 2.45) is 0 Å². The molecule has 4 aromatic rings.